The first kappa shape index (κ1) is 14.7. The van der Waals surface area contributed by atoms with Crippen molar-refractivity contribution in [3.8, 4) is 11.4 Å². The average Bonchev–Trinajstić information content (AvgIpc) is 3.04. The third-order valence-corrected chi connectivity index (χ3v) is 3.98. The molecule has 112 valence electrons. The van der Waals surface area contributed by atoms with Crippen LogP contribution in [0.4, 0.5) is 5.13 Å². The maximum atomic E-state index is 9.57. The van der Waals surface area contributed by atoms with Crippen molar-refractivity contribution in [2.24, 2.45) is 0 Å². The van der Waals surface area contributed by atoms with Gasteiger partial charge in [-0.3, -0.25) is 0 Å². The fourth-order valence-electron chi connectivity index (χ4n) is 2.22. The second-order valence-electron chi connectivity index (χ2n) is 5.00. The number of aromatic nitrogens is 2. The van der Waals surface area contributed by atoms with E-state index in [0.717, 1.165) is 17.1 Å². The van der Waals surface area contributed by atoms with Crippen LogP contribution in [0.15, 0.2) is 60.7 Å². The molecule has 0 saturated heterocycles. The van der Waals surface area contributed by atoms with E-state index in [1.807, 2.05) is 48.5 Å². The topological polar surface area (TPSA) is 58.0 Å². The summed E-state index contributed by atoms with van der Waals surface area (Å²) in [6.45, 7) is 0.0507. The summed E-state index contributed by atoms with van der Waals surface area (Å²) in [5.41, 5.74) is 2.18. The zero-order valence-corrected chi connectivity index (χ0v) is 12.8. The maximum absolute atomic E-state index is 9.57. The van der Waals surface area contributed by atoms with Crippen molar-refractivity contribution in [1.29, 1.82) is 0 Å². The zero-order chi connectivity index (χ0) is 15.2. The normalized spacial score (nSPS) is 12.0. The Balaban J connectivity index is 1.68. The van der Waals surface area contributed by atoms with Crippen molar-refractivity contribution in [2.45, 2.75) is 12.5 Å². The minimum atomic E-state index is -0.0704. The molecule has 0 bridgehead atoms. The molecule has 1 heterocycles. The van der Waals surface area contributed by atoms with Crippen molar-refractivity contribution in [1.82, 2.24) is 9.36 Å². The molecule has 0 radical (unpaired) electrons. The van der Waals surface area contributed by atoms with E-state index < -0.39 is 0 Å². The molecule has 0 amide bonds. The highest BCUT2D eigenvalue weighted by atomic mass is 32.1. The van der Waals surface area contributed by atoms with Crippen LogP contribution >= 0.6 is 11.5 Å². The van der Waals surface area contributed by atoms with E-state index in [9.17, 15) is 5.11 Å². The van der Waals surface area contributed by atoms with Gasteiger partial charge in [-0.1, -0.05) is 60.7 Å². The predicted molar refractivity (Wildman–Crippen MR) is 90.0 cm³/mol. The number of nitrogens with zero attached hydrogens (tertiary/aromatic N) is 2. The first-order valence-corrected chi connectivity index (χ1v) is 7.93. The Morgan fingerprint density at radius 3 is 2.36 bits per heavy atom. The van der Waals surface area contributed by atoms with E-state index in [4.69, 9.17) is 0 Å². The van der Waals surface area contributed by atoms with Crippen LogP contribution in [0.2, 0.25) is 0 Å². The van der Waals surface area contributed by atoms with Crippen molar-refractivity contribution in [3.63, 3.8) is 0 Å². The van der Waals surface area contributed by atoms with Gasteiger partial charge < -0.3 is 10.4 Å². The lowest BCUT2D eigenvalue weighted by Gasteiger charge is -2.15. The minimum Gasteiger partial charge on any atom is -0.394 e. The molecule has 1 aromatic heterocycles. The monoisotopic (exact) mass is 311 g/mol. The van der Waals surface area contributed by atoms with Gasteiger partial charge in [-0.15, -0.1) is 0 Å². The number of nitrogens with one attached hydrogen (secondary N) is 1. The molecule has 2 N–H and O–H groups in total. The number of hydrogen-bond acceptors (Lipinski definition) is 5. The van der Waals surface area contributed by atoms with Gasteiger partial charge in [-0.25, -0.2) is 0 Å². The molecule has 0 aliphatic carbocycles. The molecule has 0 aliphatic rings. The van der Waals surface area contributed by atoms with E-state index in [1.165, 1.54) is 17.1 Å². The summed E-state index contributed by atoms with van der Waals surface area (Å²) < 4.78 is 4.37. The Hall–Kier alpha value is -2.24. The summed E-state index contributed by atoms with van der Waals surface area (Å²) >= 11 is 1.32. The molecule has 1 atom stereocenters. The van der Waals surface area contributed by atoms with Crippen molar-refractivity contribution in [2.75, 3.05) is 11.9 Å². The van der Waals surface area contributed by atoms with Crippen molar-refractivity contribution < 1.29 is 5.11 Å². The number of anilines is 1. The fourth-order valence-corrected chi connectivity index (χ4v) is 2.89. The molecule has 4 nitrogen and oxygen atoms in total. The van der Waals surface area contributed by atoms with Gasteiger partial charge in [0.2, 0.25) is 5.13 Å². The lowest BCUT2D eigenvalue weighted by Crippen LogP contribution is -2.26. The van der Waals surface area contributed by atoms with Gasteiger partial charge in [-0.2, -0.15) is 9.36 Å². The molecular weight excluding hydrogens is 294 g/mol. The van der Waals surface area contributed by atoms with Crippen LogP contribution in [0.3, 0.4) is 0 Å². The Kier molecular flexibility index (Phi) is 4.78. The second-order valence-corrected chi connectivity index (χ2v) is 5.75. The van der Waals surface area contributed by atoms with Gasteiger partial charge in [0.1, 0.15) is 0 Å². The van der Waals surface area contributed by atoms with Crippen LogP contribution in [-0.4, -0.2) is 27.1 Å². The quantitative estimate of drug-likeness (QED) is 0.734. The van der Waals surface area contributed by atoms with Gasteiger partial charge in [0.15, 0.2) is 5.82 Å². The number of aliphatic hydroxyl groups excluding tert-OH is 1. The third-order valence-electron chi connectivity index (χ3n) is 3.33. The van der Waals surface area contributed by atoms with Crippen LogP contribution < -0.4 is 5.32 Å². The molecule has 0 spiro atoms. The number of hydrogen-bond donors (Lipinski definition) is 2. The molecule has 0 aliphatic heterocycles. The Bertz CT molecular complexity index is 700. The Morgan fingerprint density at radius 1 is 1.00 bits per heavy atom. The van der Waals surface area contributed by atoms with E-state index in [1.54, 1.807) is 0 Å². The molecule has 0 saturated carbocycles. The summed E-state index contributed by atoms with van der Waals surface area (Å²) in [6.07, 6.45) is 0.748. The molecular formula is C17H17N3OS. The number of rotatable bonds is 6. The molecule has 5 heteroatoms. The summed E-state index contributed by atoms with van der Waals surface area (Å²) in [5.74, 6) is 0.713. The molecule has 0 fully saturated rings. The van der Waals surface area contributed by atoms with Gasteiger partial charge in [0, 0.05) is 17.1 Å². The minimum absolute atomic E-state index is 0.0507. The summed E-state index contributed by atoms with van der Waals surface area (Å²) in [5, 5.41) is 13.6. The average molecular weight is 311 g/mol. The number of benzene rings is 2. The Morgan fingerprint density at radius 2 is 1.68 bits per heavy atom. The van der Waals surface area contributed by atoms with Crippen LogP contribution in [0, 0.1) is 0 Å². The molecule has 3 rings (SSSR count). The fraction of sp³-hybridized carbons (Fsp3) is 0.176. The van der Waals surface area contributed by atoms with Crippen molar-refractivity contribution in [3.05, 3.63) is 66.2 Å². The van der Waals surface area contributed by atoms with Gasteiger partial charge in [0.05, 0.1) is 12.6 Å². The SMILES string of the molecule is OCC(Cc1ccccc1)Nc1nc(-c2ccccc2)ns1. The van der Waals surface area contributed by atoms with Gasteiger partial charge in [0.25, 0.3) is 0 Å². The first-order chi connectivity index (χ1) is 10.8. The van der Waals surface area contributed by atoms with Crippen LogP contribution in [0.1, 0.15) is 5.56 Å². The molecule has 3 aromatic rings. The van der Waals surface area contributed by atoms with Gasteiger partial charge in [-0.05, 0) is 12.0 Å². The third kappa shape index (κ3) is 3.69. The smallest absolute Gasteiger partial charge is 0.203 e. The highest BCUT2D eigenvalue weighted by Gasteiger charge is 2.12. The molecule has 1 unspecified atom stereocenters. The second kappa shape index (κ2) is 7.15. The zero-order valence-electron chi connectivity index (χ0n) is 12.0. The van der Waals surface area contributed by atoms with Crippen molar-refractivity contribution >= 4 is 16.7 Å². The lowest BCUT2D eigenvalue weighted by molar-refractivity contribution is 0.273. The Labute approximate surface area is 133 Å². The summed E-state index contributed by atoms with van der Waals surface area (Å²) in [4.78, 5) is 4.50. The predicted octanol–water partition coefficient (Wildman–Crippen LogP) is 3.22. The van der Waals surface area contributed by atoms with E-state index in [-0.39, 0.29) is 12.6 Å². The van der Waals surface area contributed by atoms with E-state index in [2.05, 4.69) is 26.8 Å². The van der Waals surface area contributed by atoms with E-state index >= 15 is 0 Å². The largest absolute Gasteiger partial charge is 0.394 e. The standard InChI is InChI=1S/C17H17N3OS/c21-12-15(11-13-7-3-1-4-8-13)18-17-19-16(20-22-17)14-9-5-2-6-10-14/h1-10,15,21H,11-12H2,(H,18,19,20). The highest BCUT2D eigenvalue weighted by molar-refractivity contribution is 7.09. The number of aliphatic hydroxyl groups is 1. The maximum Gasteiger partial charge on any atom is 0.203 e. The van der Waals surface area contributed by atoms with Crippen LogP contribution in [-0.2, 0) is 6.42 Å². The van der Waals surface area contributed by atoms with Crippen LogP contribution in [0.25, 0.3) is 11.4 Å². The first-order valence-electron chi connectivity index (χ1n) is 7.15. The summed E-state index contributed by atoms with van der Waals surface area (Å²) in [6, 6.07) is 19.9. The summed E-state index contributed by atoms with van der Waals surface area (Å²) in [7, 11) is 0. The van der Waals surface area contributed by atoms with E-state index in [0.29, 0.717) is 5.82 Å². The highest BCUT2D eigenvalue weighted by Crippen LogP contribution is 2.21. The van der Waals surface area contributed by atoms with Gasteiger partial charge >= 0.3 is 0 Å². The molecule has 2 aromatic carbocycles. The lowest BCUT2D eigenvalue weighted by atomic mass is 10.1. The van der Waals surface area contributed by atoms with Crippen LogP contribution in [0.5, 0.6) is 0 Å². The molecule has 22 heavy (non-hydrogen) atoms.